The number of anilines is 1. The molecule has 1 heterocycles. The van der Waals surface area contributed by atoms with E-state index in [1.807, 2.05) is 31.2 Å². The second-order valence-electron chi connectivity index (χ2n) is 5.00. The van der Waals surface area contributed by atoms with E-state index < -0.39 is 10.0 Å². The Bertz CT molecular complexity index is 604. The first-order valence-corrected chi connectivity index (χ1v) is 7.67. The van der Waals surface area contributed by atoms with Gasteiger partial charge >= 0.3 is 0 Å². The highest BCUT2D eigenvalue weighted by molar-refractivity contribution is 7.92. The van der Waals surface area contributed by atoms with E-state index in [2.05, 4.69) is 6.07 Å². The van der Waals surface area contributed by atoms with E-state index in [4.69, 9.17) is 5.26 Å². The molecule has 1 aliphatic rings. The number of nitrogens with zero attached hydrogens (tertiary/aromatic N) is 2. The average Bonchev–Trinajstić information content (AvgIpc) is 2.28. The van der Waals surface area contributed by atoms with Gasteiger partial charge in [-0.3, -0.25) is 4.31 Å². The van der Waals surface area contributed by atoms with Crippen LogP contribution in [-0.4, -0.2) is 21.2 Å². The molecule has 0 N–H and O–H groups in total. The molecule has 0 bridgehead atoms. The SMILES string of the molecule is CC1(CC#N)CCN(S(C)(=O)=O)c2ccccc21. The first kappa shape index (κ1) is 12.9. The summed E-state index contributed by atoms with van der Waals surface area (Å²) in [4.78, 5) is 0. The van der Waals surface area contributed by atoms with Crippen molar-refractivity contribution in [3.05, 3.63) is 29.8 Å². The van der Waals surface area contributed by atoms with Crippen molar-refractivity contribution in [3.63, 3.8) is 0 Å². The summed E-state index contributed by atoms with van der Waals surface area (Å²) in [5, 5.41) is 8.95. The normalized spacial score (nSPS) is 23.3. The van der Waals surface area contributed by atoms with Gasteiger partial charge in [-0.2, -0.15) is 5.26 Å². The minimum absolute atomic E-state index is 0.257. The minimum atomic E-state index is -3.25. The molecule has 1 atom stereocenters. The molecular formula is C13H16N2O2S. The lowest BCUT2D eigenvalue weighted by Crippen LogP contribution is -2.41. The van der Waals surface area contributed by atoms with Crippen LogP contribution in [0.5, 0.6) is 0 Å². The second-order valence-corrected chi connectivity index (χ2v) is 6.90. The highest BCUT2D eigenvalue weighted by Crippen LogP contribution is 2.42. The van der Waals surface area contributed by atoms with Gasteiger partial charge in [0.25, 0.3) is 0 Å². The molecule has 0 spiro atoms. The van der Waals surface area contributed by atoms with Crippen LogP contribution in [0.15, 0.2) is 24.3 Å². The minimum Gasteiger partial charge on any atom is -0.270 e. The Balaban J connectivity index is 2.58. The van der Waals surface area contributed by atoms with E-state index in [1.54, 1.807) is 0 Å². The molecule has 1 aliphatic heterocycles. The average molecular weight is 264 g/mol. The van der Waals surface area contributed by atoms with Gasteiger partial charge < -0.3 is 0 Å². The molecule has 2 rings (SSSR count). The van der Waals surface area contributed by atoms with Crippen LogP contribution < -0.4 is 4.31 Å². The highest BCUT2D eigenvalue weighted by atomic mass is 32.2. The molecule has 5 heteroatoms. The van der Waals surface area contributed by atoms with E-state index in [0.29, 0.717) is 25.1 Å². The second kappa shape index (κ2) is 4.29. The van der Waals surface area contributed by atoms with Gasteiger partial charge in [-0.25, -0.2) is 8.42 Å². The van der Waals surface area contributed by atoms with Crippen molar-refractivity contribution in [1.29, 1.82) is 5.26 Å². The standard InChI is InChI=1S/C13H16N2O2S/c1-13(7-9-14)8-10-15(18(2,16)17)12-6-4-3-5-11(12)13/h3-6H,7-8,10H2,1-2H3. The maximum absolute atomic E-state index is 11.8. The maximum Gasteiger partial charge on any atom is 0.232 e. The van der Waals surface area contributed by atoms with Crippen molar-refractivity contribution in [2.75, 3.05) is 17.1 Å². The van der Waals surface area contributed by atoms with Crippen molar-refractivity contribution in [1.82, 2.24) is 0 Å². The molecule has 18 heavy (non-hydrogen) atoms. The number of hydrogen-bond acceptors (Lipinski definition) is 3. The summed E-state index contributed by atoms with van der Waals surface area (Å²) in [7, 11) is -3.25. The zero-order valence-corrected chi connectivity index (χ0v) is 11.4. The number of benzene rings is 1. The summed E-state index contributed by atoms with van der Waals surface area (Å²) in [6, 6.07) is 9.65. The van der Waals surface area contributed by atoms with Crippen LogP contribution in [0, 0.1) is 11.3 Å². The monoisotopic (exact) mass is 264 g/mol. The Hall–Kier alpha value is -1.54. The van der Waals surface area contributed by atoms with E-state index in [9.17, 15) is 8.42 Å². The Morgan fingerprint density at radius 3 is 2.72 bits per heavy atom. The quantitative estimate of drug-likeness (QED) is 0.821. The van der Waals surface area contributed by atoms with Gasteiger partial charge in [-0.15, -0.1) is 0 Å². The molecule has 0 fully saturated rings. The fraction of sp³-hybridized carbons (Fsp3) is 0.462. The molecule has 0 radical (unpaired) electrons. The summed E-state index contributed by atoms with van der Waals surface area (Å²) in [6.45, 7) is 2.46. The van der Waals surface area contributed by atoms with Crippen LogP contribution >= 0.6 is 0 Å². The summed E-state index contributed by atoms with van der Waals surface area (Å²) >= 11 is 0. The lowest BCUT2D eigenvalue weighted by molar-refractivity contribution is 0.434. The van der Waals surface area contributed by atoms with Crippen molar-refractivity contribution < 1.29 is 8.42 Å². The Morgan fingerprint density at radius 1 is 1.44 bits per heavy atom. The van der Waals surface area contributed by atoms with Gasteiger partial charge in [0.1, 0.15) is 0 Å². The summed E-state index contributed by atoms with van der Waals surface area (Å²) in [5.41, 5.74) is 1.40. The van der Waals surface area contributed by atoms with Gasteiger partial charge in [0.2, 0.25) is 10.0 Å². The fourth-order valence-electron chi connectivity index (χ4n) is 2.51. The summed E-state index contributed by atoms with van der Waals surface area (Å²) in [5.74, 6) is 0. The molecule has 1 aromatic rings. The number of para-hydroxylation sites is 1. The Kier molecular flexibility index (Phi) is 3.07. The largest absolute Gasteiger partial charge is 0.270 e. The molecule has 0 aliphatic carbocycles. The topological polar surface area (TPSA) is 61.2 Å². The van der Waals surface area contributed by atoms with Gasteiger partial charge in [0.05, 0.1) is 18.0 Å². The van der Waals surface area contributed by atoms with Crippen LogP contribution in [-0.2, 0) is 15.4 Å². The van der Waals surface area contributed by atoms with E-state index in [0.717, 1.165) is 5.56 Å². The lowest BCUT2D eigenvalue weighted by Gasteiger charge is -2.39. The van der Waals surface area contributed by atoms with Crippen molar-refractivity contribution in [2.45, 2.75) is 25.2 Å². The zero-order chi connectivity index (χ0) is 13.4. The molecular weight excluding hydrogens is 248 g/mol. The van der Waals surface area contributed by atoms with Crippen molar-refractivity contribution >= 4 is 15.7 Å². The third-order valence-electron chi connectivity index (χ3n) is 3.56. The number of hydrogen-bond donors (Lipinski definition) is 0. The van der Waals surface area contributed by atoms with E-state index in [1.165, 1.54) is 10.6 Å². The van der Waals surface area contributed by atoms with Gasteiger partial charge in [-0.1, -0.05) is 25.1 Å². The third-order valence-corrected chi connectivity index (χ3v) is 4.74. The zero-order valence-electron chi connectivity index (χ0n) is 10.5. The van der Waals surface area contributed by atoms with Crippen LogP contribution in [0.25, 0.3) is 0 Å². The Morgan fingerprint density at radius 2 is 2.11 bits per heavy atom. The molecule has 0 amide bonds. The van der Waals surface area contributed by atoms with Crippen molar-refractivity contribution in [3.8, 4) is 6.07 Å². The predicted molar refractivity (Wildman–Crippen MR) is 70.8 cm³/mol. The van der Waals surface area contributed by atoms with Crippen LogP contribution in [0.3, 0.4) is 0 Å². The molecule has 1 aromatic carbocycles. The molecule has 1 unspecified atom stereocenters. The first-order chi connectivity index (χ1) is 8.38. The molecule has 0 saturated heterocycles. The van der Waals surface area contributed by atoms with E-state index >= 15 is 0 Å². The Labute approximate surface area is 108 Å². The molecule has 4 nitrogen and oxygen atoms in total. The van der Waals surface area contributed by atoms with E-state index in [-0.39, 0.29) is 5.41 Å². The van der Waals surface area contributed by atoms with Crippen molar-refractivity contribution in [2.24, 2.45) is 0 Å². The molecule has 0 aromatic heterocycles. The highest BCUT2D eigenvalue weighted by Gasteiger charge is 2.37. The predicted octanol–water partition coefficient (Wildman–Crippen LogP) is 2.03. The van der Waals surface area contributed by atoms with Gasteiger partial charge in [0.15, 0.2) is 0 Å². The number of nitriles is 1. The van der Waals surface area contributed by atoms with Gasteiger partial charge in [-0.05, 0) is 18.1 Å². The molecule has 0 saturated carbocycles. The summed E-state index contributed by atoms with van der Waals surface area (Å²) < 4.78 is 25.0. The maximum atomic E-state index is 11.8. The number of fused-ring (bicyclic) bond motifs is 1. The fourth-order valence-corrected chi connectivity index (χ4v) is 3.45. The van der Waals surface area contributed by atoms with Crippen LogP contribution in [0.4, 0.5) is 5.69 Å². The van der Waals surface area contributed by atoms with Gasteiger partial charge in [0, 0.05) is 18.4 Å². The summed E-state index contributed by atoms with van der Waals surface area (Å²) in [6.07, 6.45) is 2.29. The smallest absolute Gasteiger partial charge is 0.232 e. The number of sulfonamides is 1. The number of rotatable bonds is 2. The third kappa shape index (κ3) is 2.08. The van der Waals surface area contributed by atoms with Crippen LogP contribution in [0.2, 0.25) is 0 Å². The van der Waals surface area contributed by atoms with Crippen LogP contribution in [0.1, 0.15) is 25.3 Å². The first-order valence-electron chi connectivity index (χ1n) is 5.83. The molecule has 96 valence electrons. The lowest BCUT2D eigenvalue weighted by atomic mass is 9.74.